The first-order valence-corrected chi connectivity index (χ1v) is 12.9. The molecule has 1 N–H and O–H groups in total. The highest BCUT2D eigenvalue weighted by Crippen LogP contribution is 2.41. The standard InChI is InChI=1S/C27H26Cl2N4O5/c1-27(8-9-27)38-26-23-25(30-16-31-26)33(14-17-4-2-5-18(28)12-17)24(32-23)20-7-6-19(13-21(20)29)37-11-3-10-36-15-22(34)35/h2,4-7,12-13,16H,3,8-11,14-15H2,1H3,(H,34,35). The lowest BCUT2D eigenvalue weighted by atomic mass is 10.2. The Morgan fingerprint density at radius 1 is 1.13 bits per heavy atom. The van der Waals surface area contributed by atoms with Crippen LogP contribution in [0.2, 0.25) is 10.0 Å². The van der Waals surface area contributed by atoms with Gasteiger partial charge in [-0.2, -0.15) is 4.98 Å². The fourth-order valence-electron chi connectivity index (χ4n) is 3.95. The molecule has 38 heavy (non-hydrogen) atoms. The van der Waals surface area contributed by atoms with Crippen LogP contribution in [0.15, 0.2) is 48.8 Å². The number of carbonyl (C=O) groups is 1. The normalized spacial score (nSPS) is 14.0. The first-order chi connectivity index (χ1) is 18.3. The quantitative estimate of drug-likeness (QED) is 0.223. The number of carboxylic acids is 1. The van der Waals surface area contributed by atoms with Gasteiger partial charge in [0.2, 0.25) is 5.88 Å². The van der Waals surface area contributed by atoms with Crippen LogP contribution in [-0.4, -0.2) is 56.0 Å². The highest BCUT2D eigenvalue weighted by atomic mass is 35.5. The Hall–Kier alpha value is -3.40. The number of imidazole rings is 1. The molecule has 0 unspecified atom stereocenters. The molecule has 2 heterocycles. The molecule has 1 aliphatic rings. The molecule has 0 spiro atoms. The Bertz CT molecular complexity index is 1470. The Kier molecular flexibility index (Phi) is 7.69. The summed E-state index contributed by atoms with van der Waals surface area (Å²) in [6.45, 7) is 2.84. The molecule has 0 amide bonds. The van der Waals surface area contributed by atoms with Crippen LogP contribution in [0.3, 0.4) is 0 Å². The molecule has 11 heteroatoms. The van der Waals surface area contributed by atoms with E-state index in [1.807, 2.05) is 41.0 Å². The summed E-state index contributed by atoms with van der Waals surface area (Å²) in [6, 6.07) is 13.0. The Balaban J connectivity index is 1.44. The number of aromatic nitrogens is 4. The molecule has 1 aliphatic carbocycles. The number of carboxylic acid groups (broad SMARTS) is 1. The predicted molar refractivity (Wildman–Crippen MR) is 143 cm³/mol. The van der Waals surface area contributed by atoms with Crippen molar-refractivity contribution in [3.8, 4) is 23.0 Å². The lowest BCUT2D eigenvalue weighted by Crippen LogP contribution is -2.13. The van der Waals surface area contributed by atoms with E-state index in [1.165, 1.54) is 6.33 Å². The van der Waals surface area contributed by atoms with Crippen LogP contribution in [0.5, 0.6) is 11.6 Å². The summed E-state index contributed by atoms with van der Waals surface area (Å²) in [7, 11) is 0. The molecule has 0 aliphatic heterocycles. The fraction of sp³-hybridized carbons (Fsp3) is 0.333. The van der Waals surface area contributed by atoms with E-state index < -0.39 is 5.97 Å². The van der Waals surface area contributed by atoms with Crippen molar-refractivity contribution in [3.05, 3.63) is 64.4 Å². The van der Waals surface area contributed by atoms with Gasteiger partial charge in [-0.15, -0.1) is 0 Å². The zero-order chi connectivity index (χ0) is 26.7. The third-order valence-electron chi connectivity index (χ3n) is 6.13. The second-order valence-corrected chi connectivity index (χ2v) is 10.2. The summed E-state index contributed by atoms with van der Waals surface area (Å²) < 4.78 is 19.0. The van der Waals surface area contributed by atoms with Crippen molar-refractivity contribution < 1.29 is 24.1 Å². The van der Waals surface area contributed by atoms with Crippen LogP contribution in [0, 0.1) is 0 Å². The molecular weight excluding hydrogens is 531 g/mol. The third kappa shape index (κ3) is 6.18. The van der Waals surface area contributed by atoms with Crippen molar-refractivity contribution in [3.63, 3.8) is 0 Å². The highest BCUT2D eigenvalue weighted by molar-refractivity contribution is 6.33. The molecule has 198 valence electrons. The molecule has 1 fully saturated rings. The minimum Gasteiger partial charge on any atom is -0.493 e. The molecule has 9 nitrogen and oxygen atoms in total. The number of halogens is 2. The lowest BCUT2D eigenvalue weighted by molar-refractivity contribution is -0.142. The zero-order valence-electron chi connectivity index (χ0n) is 20.7. The molecule has 4 aromatic rings. The van der Waals surface area contributed by atoms with Crippen molar-refractivity contribution in [2.24, 2.45) is 0 Å². The third-order valence-corrected chi connectivity index (χ3v) is 6.68. The van der Waals surface area contributed by atoms with Gasteiger partial charge >= 0.3 is 5.97 Å². The van der Waals surface area contributed by atoms with Gasteiger partial charge in [-0.05, 0) is 55.7 Å². The molecule has 2 aromatic heterocycles. The fourth-order valence-corrected chi connectivity index (χ4v) is 4.42. The number of benzene rings is 2. The monoisotopic (exact) mass is 556 g/mol. The molecule has 0 bridgehead atoms. The topological polar surface area (TPSA) is 109 Å². The largest absolute Gasteiger partial charge is 0.493 e. The smallest absolute Gasteiger partial charge is 0.329 e. The Morgan fingerprint density at radius 2 is 1.97 bits per heavy atom. The minimum absolute atomic E-state index is 0.229. The predicted octanol–water partition coefficient (Wildman–Crippen LogP) is 5.65. The lowest BCUT2D eigenvalue weighted by Gasteiger charge is -2.12. The minimum atomic E-state index is -0.999. The van der Waals surface area contributed by atoms with Gasteiger partial charge in [-0.3, -0.25) is 0 Å². The number of aliphatic carboxylic acids is 1. The molecule has 0 atom stereocenters. The van der Waals surface area contributed by atoms with Crippen LogP contribution in [0.25, 0.3) is 22.6 Å². The van der Waals surface area contributed by atoms with Gasteiger partial charge in [0.25, 0.3) is 0 Å². The molecule has 5 rings (SSSR count). The van der Waals surface area contributed by atoms with E-state index in [0.717, 1.165) is 18.4 Å². The number of fused-ring (bicyclic) bond motifs is 1. The summed E-state index contributed by atoms with van der Waals surface area (Å²) in [5, 5.41) is 9.72. The summed E-state index contributed by atoms with van der Waals surface area (Å²) >= 11 is 13.0. The first kappa shape index (κ1) is 26.2. The zero-order valence-corrected chi connectivity index (χ0v) is 22.2. The van der Waals surface area contributed by atoms with Crippen molar-refractivity contribution >= 4 is 40.3 Å². The van der Waals surface area contributed by atoms with Crippen LogP contribution < -0.4 is 9.47 Å². The maximum Gasteiger partial charge on any atom is 0.329 e. The first-order valence-electron chi connectivity index (χ1n) is 12.2. The van der Waals surface area contributed by atoms with Gasteiger partial charge in [-0.25, -0.2) is 14.8 Å². The van der Waals surface area contributed by atoms with Crippen LogP contribution in [0.4, 0.5) is 0 Å². The van der Waals surface area contributed by atoms with E-state index in [4.69, 9.17) is 47.5 Å². The Labute approximate surface area is 229 Å². The van der Waals surface area contributed by atoms with Crippen molar-refractivity contribution in [2.75, 3.05) is 19.8 Å². The van der Waals surface area contributed by atoms with Gasteiger partial charge in [0.1, 0.15) is 30.1 Å². The molecule has 2 aromatic carbocycles. The second kappa shape index (κ2) is 11.1. The van der Waals surface area contributed by atoms with Crippen molar-refractivity contribution in [2.45, 2.75) is 38.3 Å². The van der Waals surface area contributed by atoms with E-state index in [9.17, 15) is 4.79 Å². The maximum atomic E-state index is 10.5. The second-order valence-electron chi connectivity index (χ2n) is 9.34. The molecular formula is C27H26Cl2N4O5. The Morgan fingerprint density at radius 3 is 2.71 bits per heavy atom. The van der Waals surface area contributed by atoms with E-state index in [2.05, 4.69) is 16.9 Å². The van der Waals surface area contributed by atoms with Gasteiger partial charge < -0.3 is 23.9 Å². The van der Waals surface area contributed by atoms with Crippen LogP contribution in [0.1, 0.15) is 31.7 Å². The van der Waals surface area contributed by atoms with E-state index in [-0.39, 0.29) is 18.8 Å². The molecule has 0 saturated heterocycles. The summed E-state index contributed by atoms with van der Waals surface area (Å²) in [4.78, 5) is 24.3. The van der Waals surface area contributed by atoms with Gasteiger partial charge in [0.15, 0.2) is 11.2 Å². The average Bonchev–Trinajstić information content (AvgIpc) is 3.49. The average molecular weight is 557 g/mol. The van der Waals surface area contributed by atoms with E-state index >= 15 is 0 Å². The highest BCUT2D eigenvalue weighted by Gasteiger charge is 2.41. The number of hydrogen-bond acceptors (Lipinski definition) is 7. The summed E-state index contributed by atoms with van der Waals surface area (Å²) in [5.74, 6) is 0.646. The van der Waals surface area contributed by atoms with E-state index in [1.54, 1.807) is 6.07 Å². The number of hydrogen-bond donors (Lipinski definition) is 1. The number of nitrogens with zero attached hydrogens (tertiary/aromatic N) is 4. The van der Waals surface area contributed by atoms with Gasteiger partial charge in [0.05, 0.1) is 24.8 Å². The van der Waals surface area contributed by atoms with E-state index in [0.29, 0.717) is 63.8 Å². The maximum absolute atomic E-state index is 10.5. The van der Waals surface area contributed by atoms with Crippen LogP contribution in [-0.2, 0) is 16.1 Å². The van der Waals surface area contributed by atoms with Gasteiger partial charge in [-0.1, -0.05) is 35.3 Å². The van der Waals surface area contributed by atoms with Gasteiger partial charge in [0, 0.05) is 17.0 Å². The van der Waals surface area contributed by atoms with Crippen molar-refractivity contribution in [1.29, 1.82) is 0 Å². The summed E-state index contributed by atoms with van der Waals surface area (Å²) in [5.41, 5.74) is 2.65. The van der Waals surface area contributed by atoms with Crippen molar-refractivity contribution in [1.82, 2.24) is 19.5 Å². The molecule has 0 radical (unpaired) electrons. The SMILES string of the molecule is CC1(Oc2ncnc3c2nc(-c2ccc(OCCCOCC(=O)O)cc2Cl)n3Cc2cccc(Cl)c2)CC1. The number of rotatable bonds is 12. The number of ether oxygens (including phenoxy) is 3. The summed E-state index contributed by atoms with van der Waals surface area (Å²) in [6.07, 6.45) is 3.96. The molecule has 1 saturated carbocycles. The van der Waals surface area contributed by atoms with Crippen LogP contribution >= 0.6 is 23.2 Å².